The van der Waals surface area contributed by atoms with Crippen LogP contribution >= 0.6 is 0 Å². The summed E-state index contributed by atoms with van der Waals surface area (Å²) in [6, 6.07) is 0.682. The quantitative estimate of drug-likeness (QED) is 0.772. The van der Waals surface area contributed by atoms with Gasteiger partial charge in [0.1, 0.15) is 0 Å². The van der Waals surface area contributed by atoms with E-state index in [4.69, 9.17) is 4.74 Å². The van der Waals surface area contributed by atoms with Crippen LogP contribution in [0.5, 0.6) is 0 Å². The smallest absolute Gasteiger partial charge is 0.0757 e. The molecule has 3 unspecified atom stereocenters. The summed E-state index contributed by atoms with van der Waals surface area (Å²) in [6.45, 7) is 13.5. The highest BCUT2D eigenvalue weighted by molar-refractivity contribution is 4.87. The summed E-state index contributed by atoms with van der Waals surface area (Å²) in [6.07, 6.45) is 1.70. The number of ether oxygens (including phenoxy) is 1. The minimum absolute atomic E-state index is 0.0208. The van der Waals surface area contributed by atoms with E-state index in [2.05, 4.69) is 37.9 Å². The summed E-state index contributed by atoms with van der Waals surface area (Å²) in [5.41, 5.74) is 0.0208. The molecule has 2 fully saturated rings. The van der Waals surface area contributed by atoms with Gasteiger partial charge in [0.25, 0.3) is 0 Å². The second kappa shape index (κ2) is 4.63. The Bertz CT molecular complexity index is 242. The number of hydrogen-bond donors (Lipinski definition) is 1. The molecule has 3 heteroatoms. The normalized spacial score (nSPS) is 40.1. The lowest BCUT2D eigenvalue weighted by Crippen LogP contribution is -2.53. The Morgan fingerprint density at radius 1 is 1.38 bits per heavy atom. The monoisotopic (exact) mass is 226 g/mol. The van der Waals surface area contributed by atoms with Gasteiger partial charge in [-0.1, -0.05) is 0 Å². The lowest BCUT2D eigenvalue weighted by molar-refractivity contribution is -0.131. The molecule has 0 aliphatic carbocycles. The molecule has 16 heavy (non-hydrogen) atoms. The highest BCUT2D eigenvalue weighted by Crippen LogP contribution is 2.24. The van der Waals surface area contributed by atoms with Crippen molar-refractivity contribution in [2.24, 2.45) is 5.92 Å². The number of nitrogens with zero attached hydrogens (tertiary/aromatic N) is 1. The van der Waals surface area contributed by atoms with Crippen LogP contribution < -0.4 is 5.32 Å². The molecule has 2 aliphatic heterocycles. The topological polar surface area (TPSA) is 24.5 Å². The Kier molecular flexibility index (Phi) is 3.57. The van der Waals surface area contributed by atoms with Gasteiger partial charge in [-0.15, -0.1) is 0 Å². The molecule has 0 aromatic heterocycles. The molecule has 0 aromatic rings. The van der Waals surface area contributed by atoms with Crippen LogP contribution in [0.25, 0.3) is 0 Å². The van der Waals surface area contributed by atoms with E-state index in [0.29, 0.717) is 12.1 Å². The van der Waals surface area contributed by atoms with Crippen LogP contribution in [0.2, 0.25) is 0 Å². The lowest BCUT2D eigenvalue weighted by atomic mass is 9.98. The van der Waals surface area contributed by atoms with Gasteiger partial charge in [0, 0.05) is 25.7 Å². The standard InChI is InChI=1S/C13H26N2O/c1-10-7-15(9-13(3,4)16-10)8-12-5-6-14-11(12)2/h10-12,14H,5-9H2,1-4H3. The van der Waals surface area contributed by atoms with Crippen molar-refractivity contribution in [3.05, 3.63) is 0 Å². The molecule has 94 valence electrons. The Hall–Kier alpha value is -0.120. The van der Waals surface area contributed by atoms with Gasteiger partial charge in [-0.2, -0.15) is 0 Å². The van der Waals surface area contributed by atoms with Crippen LogP contribution in [0.1, 0.15) is 34.1 Å². The van der Waals surface area contributed by atoms with Gasteiger partial charge in [0.15, 0.2) is 0 Å². The first-order valence-electron chi connectivity index (χ1n) is 6.60. The largest absolute Gasteiger partial charge is 0.370 e. The van der Waals surface area contributed by atoms with Gasteiger partial charge in [-0.25, -0.2) is 0 Å². The molecule has 3 nitrogen and oxygen atoms in total. The SMILES string of the molecule is CC1CN(CC2CCNC2C)CC(C)(C)O1. The Morgan fingerprint density at radius 2 is 2.12 bits per heavy atom. The van der Waals surface area contributed by atoms with E-state index in [1.54, 1.807) is 0 Å². The van der Waals surface area contributed by atoms with Crippen molar-refractivity contribution in [1.29, 1.82) is 0 Å². The maximum absolute atomic E-state index is 5.94. The first kappa shape index (κ1) is 12.3. The van der Waals surface area contributed by atoms with E-state index >= 15 is 0 Å². The summed E-state index contributed by atoms with van der Waals surface area (Å²) in [4.78, 5) is 2.59. The zero-order valence-electron chi connectivity index (χ0n) is 11.1. The molecule has 0 bridgehead atoms. The zero-order chi connectivity index (χ0) is 11.8. The van der Waals surface area contributed by atoms with E-state index in [-0.39, 0.29) is 5.60 Å². The molecule has 0 amide bonds. The highest BCUT2D eigenvalue weighted by atomic mass is 16.5. The van der Waals surface area contributed by atoms with Crippen LogP contribution in [0.4, 0.5) is 0 Å². The highest BCUT2D eigenvalue weighted by Gasteiger charge is 2.33. The van der Waals surface area contributed by atoms with Crippen molar-refractivity contribution < 1.29 is 4.74 Å². The van der Waals surface area contributed by atoms with E-state index in [0.717, 1.165) is 19.0 Å². The third-order valence-corrected chi connectivity index (χ3v) is 3.82. The van der Waals surface area contributed by atoms with Crippen LogP contribution in [0.3, 0.4) is 0 Å². The van der Waals surface area contributed by atoms with Crippen LogP contribution in [0, 0.1) is 5.92 Å². The molecule has 2 heterocycles. The van der Waals surface area contributed by atoms with Crippen molar-refractivity contribution in [3.8, 4) is 0 Å². The minimum Gasteiger partial charge on any atom is -0.370 e. The Balaban J connectivity index is 1.89. The molecule has 2 aliphatic rings. The molecule has 2 saturated heterocycles. The predicted octanol–water partition coefficient (Wildman–Crippen LogP) is 1.48. The van der Waals surface area contributed by atoms with E-state index in [1.807, 2.05) is 0 Å². The maximum Gasteiger partial charge on any atom is 0.0757 e. The Labute approximate surface area is 99.5 Å². The second-order valence-corrected chi connectivity index (χ2v) is 6.17. The van der Waals surface area contributed by atoms with Crippen LogP contribution in [0.15, 0.2) is 0 Å². The van der Waals surface area contributed by atoms with Gasteiger partial charge in [-0.3, -0.25) is 4.90 Å². The molecule has 0 spiro atoms. The van der Waals surface area contributed by atoms with Gasteiger partial charge < -0.3 is 10.1 Å². The predicted molar refractivity (Wildman–Crippen MR) is 66.6 cm³/mol. The Morgan fingerprint density at radius 3 is 2.69 bits per heavy atom. The van der Waals surface area contributed by atoms with E-state index < -0.39 is 0 Å². The van der Waals surface area contributed by atoms with Crippen molar-refractivity contribution in [3.63, 3.8) is 0 Å². The third-order valence-electron chi connectivity index (χ3n) is 3.82. The molecule has 3 atom stereocenters. The van der Waals surface area contributed by atoms with E-state index in [1.165, 1.54) is 19.5 Å². The summed E-state index contributed by atoms with van der Waals surface area (Å²) in [5.74, 6) is 0.820. The molecule has 0 radical (unpaired) electrons. The summed E-state index contributed by atoms with van der Waals surface area (Å²) < 4.78 is 5.94. The summed E-state index contributed by atoms with van der Waals surface area (Å²) in [7, 11) is 0. The minimum atomic E-state index is 0.0208. The van der Waals surface area contributed by atoms with Gasteiger partial charge in [-0.05, 0) is 46.6 Å². The molecular weight excluding hydrogens is 200 g/mol. The summed E-state index contributed by atoms with van der Waals surface area (Å²) >= 11 is 0. The van der Waals surface area contributed by atoms with Crippen molar-refractivity contribution in [2.75, 3.05) is 26.2 Å². The second-order valence-electron chi connectivity index (χ2n) is 6.17. The first-order valence-corrected chi connectivity index (χ1v) is 6.60. The summed E-state index contributed by atoms with van der Waals surface area (Å²) in [5, 5.41) is 3.53. The molecule has 1 N–H and O–H groups in total. The van der Waals surface area contributed by atoms with Crippen LogP contribution in [-0.2, 0) is 4.74 Å². The first-order chi connectivity index (χ1) is 7.46. The molecule has 2 rings (SSSR count). The van der Waals surface area contributed by atoms with Gasteiger partial charge >= 0.3 is 0 Å². The fourth-order valence-corrected chi connectivity index (χ4v) is 3.22. The maximum atomic E-state index is 5.94. The average Bonchev–Trinajstić information content (AvgIpc) is 2.48. The third kappa shape index (κ3) is 2.96. The fraction of sp³-hybridized carbons (Fsp3) is 1.00. The molecule has 0 aromatic carbocycles. The number of rotatable bonds is 2. The van der Waals surface area contributed by atoms with Crippen molar-refractivity contribution >= 4 is 0 Å². The molecular formula is C13H26N2O. The van der Waals surface area contributed by atoms with Gasteiger partial charge in [0.05, 0.1) is 11.7 Å². The van der Waals surface area contributed by atoms with Crippen molar-refractivity contribution in [1.82, 2.24) is 10.2 Å². The number of nitrogens with one attached hydrogen (secondary N) is 1. The molecule has 0 saturated carbocycles. The van der Waals surface area contributed by atoms with Crippen LogP contribution in [-0.4, -0.2) is 48.8 Å². The average molecular weight is 226 g/mol. The number of morpholine rings is 1. The number of hydrogen-bond acceptors (Lipinski definition) is 3. The zero-order valence-corrected chi connectivity index (χ0v) is 11.1. The van der Waals surface area contributed by atoms with Gasteiger partial charge in [0.2, 0.25) is 0 Å². The van der Waals surface area contributed by atoms with E-state index in [9.17, 15) is 0 Å². The fourth-order valence-electron chi connectivity index (χ4n) is 3.22. The van der Waals surface area contributed by atoms with Crippen molar-refractivity contribution in [2.45, 2.75) is 51.9 Å². The lowest BCUT2D eigenvalue weighted by Gasteiger charge is -2.43.